The minimum absolute atomic E-state index is 0.180. The maximum Gasteiger partial charge on any atom is 0.0669 e. The minimum Gasteiger partial charge on any atom is -0.297 e. The van der Waals surface area contributed by atoms with Crippen molar-refractivity contribution in [1.29, 1.82) is 5.26 Å². The van der Waals surface area contributed by atoms with Crippen LogP contribution < -0.4 is 0 Å². The molecule has 1 rings (SSSR count). The molecule has 0 radical (unpaired) electrons. The van der Waals surface area contributed by atoms with Crippen LogP contribution in [0.15, 0.2) is 0 Å². The zero-order chi connectivity index (χ0) is 8.97. The number of nitrogens with zero attached hydrogens (tertiary/aromatic N) is 2. The molecule has 0 aromatic carbocycles. The first kappa shape index (κ1) is 10.1. The molecule has 2 nitrogen and oxygen atoms in total. The molecule has 1 saturated heterocycles. The van der Waals surface area contributed by atoms with Crippen molar-refractivity contribution < 1.29 is 0 Å². The zero-order valence-electron chi connectivity index (χ0n) is 6.84. The molecule has 68 valence electrons. The Kier molecular flexibility index (Phi) is 4.14. The minimum atomic E-state index is 0.180. The highest BCUT2D eigenvalue weighted by Gasteiger charge is 2.26. The summed E-state index contributed by atoms with van der Waals surface area (Å²) in [6, 6.07) is 2.51. The van der Waals surface area contributed by atoms with Gasteiger partial charge in [-0.25, -0.2) is 0 Å². The highest BCUT2D eigenvalue weighted by molar-refractivity contribution is 6.21. The average Bonchev–Trinajstić information content (AvgIpc) is 2.55. The molecule has 0 saturated carbocycles. The monoisotopic (exact) mass is 206 g/mol. The van der Waals surface area contributed by atoms with E-state index in [4.69, 9.17) is 28.5 Å². The van der Waals surface area contributed by atoms with E-state index in [1.807, 2.05) is 0 Å². The molecule has 0 aliphatic carbocycles. The Morgan fingerprint density at radius 3 is 2.58 bits per heavy atom. The summed E-state index contributed by atoms with van der Waals surface area (Å²) in [6.45, 7) is 1.79. The topological polar surface area (TPSA) is 27.0 Å². The van der Waals surface area contributed by atoms with E-state index in [1.54, 1.807) is 0 Å². The van der Waals surface area contributed by atoms with Crippen molar-refractivity contribution in [3.63, 3.8) is 0 Å². The van der Waals surface area contributed by atoms with Gasteiger partial charge in [0.2, 0.25) is 0 Å². The fourth-order valence-electron chi connectivity index (χ4n) is 1.46. The number of rotatable bonds is 3. The molecular weight excluding hydrogens is 195 g/mol. The van der Waals surface area contributed by atoms with E-state index in [0.29, 0.717) is 11.8 Å². The summed E-state index contributed by atoms with van der Waals surface area (Å²) in [7, 11) is 0. The normalized spacial score (nSPS) is 24.7. The van der Waals surface area contributed by atoms with Crippen LogP contribution in [0.5, 0.6) is 0 Å². The summed E-state index contributed by atoms with van der Waals surface area (Å²) in [5.41, 5.74) is 0. The largest absolute Gasteiger partial charge is 0.297 e. The summed E-state index contributed by atoms with van der Waals surface area (Å²) in [5.74, 6) is 1.29. The van der Waals surface area contributed by atoms with Gasteiger partial charge < -0.3 is 0 Å². The van der Waals surface area contributed by atoms with Gasteiger partial charge in [-0.15, -0.1) is 23.2 Å². The summed E-state index contributed by atoms with van der Waals surface area (Å²) >= 11 is 11.5. The van der Waals surface area contributed by atoms with E-state index in [9.17, 15) is 0 Å². The fourth-order valence-corrected chi connectivity index (χ4v) is 2.18. The van der Waals surface area contributed by atoms with Crippen molar-refractivity contribution in [1.82, 2.24) is 4.90 Å². The van der Waals surface area contributed by atoms with E-state index in [-0.39, 0.29) is 12.0 Å². The van der Waals surface area contributed by atoms with Crippen LogP contribution in [0.2, 0.25) is 0 Å². The first-order valence-corrected chi connectivity index (χ1v) is 5.14. The van der Waals surface area contributed by atoms with Gasteiger partial charge in [0.15, 0.2) is 0 Å². The van der Waals surface area contributed by atoms with Gasteiger partial charge in [0.1, 0.15) is 0 Å². The first-order chi connectivity index (χ1) is 5.81. The Labute approximate surface area is 83.0 Å². The van der Waals surface area contributed by atoms with Crippen LogP contribution in [0.25, 0.3) is 0 Å². The van der Waals surface area contributed by atoms with Crippen molar-refractivity contribution >= 4 is 23.2 Å². The SMILES string of the molecule is N#CC1CCN(C(CCl)CCl)C1. The predicted molar refractivity (Wildman–Crippen MR) is 50.5 cm³/mol. The highest BCUT2D eigenvalue weighted by Crippen LogP contribution is 2.18. The van der Waals surface area contributed by atoms with Crippen LogP contribution in [0.3, 0.4) is 0 Å². The third kappa shape index (κ3) is 2.26. The van der Waals surface area contributed by atoms with Crippen molar-refractivity contribution in [3.05, 3.63) is 0 Å². The molecular formula is C8H12Cl2N2. The quantitative estimate of drug-likeness (QED) is 0.658. The third-order valence-electron chi connectivity index (χ3n) is 2.27. The summed E-state index contributed by atoms with van der Waals surface area (Å²) in [5, 5.41) is 8.67. The molecule has 0 amide bonds. The predicted octanol–water partition coefficient (Wildman–Crippen LogP) is 1.68. The molecule has 1 atom stereocenters. The second kappa shape index (κ2) is 4.91. The second-order valence-electron chi connectivity index (χ2n) is 3.07. The van der Waals surface area contributed by atoms with Crippen LogP contribution in [0.1, 0.15) is 6.42 Å². The van der Waals surface area contributed by atoms with E-state index >= 15 is 0 Å². The number of hydrogen-bond donors (Lipinski definition) is 0. The molecule has 1 fully saturated rings. The van der Waals surface area contributed by atoms with E-state index in [0.717, 1.165) is 19.5 Å². The van der Waals surface area contributed by atoms with Crippen LogP contribution in [-0.4, -0.2) is 35.8 Å². The Morgan fingerprint density at radius 1 is 1.50 bits per heavy atom. The van der Waals surface area contributed by atoms with Gasteiger partial charge in [-0.2, -0.15) is 5.26 Å². The van der Waals surface area contributed by atoms with Crippen molar-refractivity contribution in [2.75, 3.05) is 24.8 Å². The lowest BCUT2D eigenvalue weighted by Gasteiger charge is -2.22. The van der Waals surface area contributed by atoms with E-state index < -0.39 is 0 Å². The van der Waals surface area contributed by atoms with E-state index in [2.05, 4.69) is 11.0 Å². The average molecular weight is 207 g/mol. The lowest BCUT2D eigenvalue weighted by atomic mass is 10.1. The molecule has 1 unspecified atom stereocenters. The Hall–Kier alpha value is 0.0300. The summed E-state index contributed by atoms with van der Waals surface area (Å²) < 4.78 is 0. The summed E-state index contributed by atoms with van der Waals surface area (Å²) in [6.07, 6.45) is 0.959. The number of alkyl halides is 2. The Balaban J connectivity index is 2.40. The lowest BCUT2D eigenvalue weighted by molar-refractivity contribution is 0.276. The highest BCUT2D eigenvalue weighted by atomic mass is 35.5. The van der Waals surface area contributed by atoms with Crippen molar-refractivity contribution in [2.24, 2.45) is 5.92 Å². The van der Waals surface area contributed by atoms with Crippen molar-refractivity contribution in [3.8, 4) is 6.07 Å². The van der Waals surface area contributed by atoms with Crippen LogP contribution in [0.4, 0.5) is 0 Å². The molecule has 4 heteroatoms. The molecule has 0 N–H and O–H groups in total. The van der Waals surface area contributed by atoms with Crippen molar-refractivity contribution in [2.45, 2.75) is 12.5 Å². The molecule has 0 aromatic rings. The van der Waals surface area contributed by atoms with Gasteiger partial charge in [-0.05, 0) is 13.0 Å². The molecule has 0 bridgehead atoms. The maximum absolute atomic E-state index is 8.67. The Morgan fingerprint density at radius 2 is 2.17 bits per heavy atom. The molecule has 1 aliphatic heterocycles. The fraction of sp³-hybridized carbons (Fsp3) is 0.875. The molecule has 0 spiro atoms. The standard InChI is InChI=1S/C8H12Cl2N2/c9-3-8(4-10)12-2-1-7(5-11)6-12/h7-8H,1-4,6H2. The molecule has 12 heavy (non-hydrogen) atoms. The second-order valence-corrected chi connectivity index (χ2v) is 3.69. The third-order valence-corrected chi connectivity index (χ3v) is 2.99. The van der Waals surface area contributed by atoms with Gasteiger partial charge in [-0.3, -0.25) is 4.90 Å². The van der Waals surface area contributed by atoms with Crippen LogP contribution in [-0.2, 0) is 0 Å². The molecule has 0 aromatic heterocycles. The van der Waals surface area contributed by atoms with Crippen LogP contribution >= 0.6 is 23.2 Å². The maximum atomic E-state index is 8.67. The molecule has 1 heterocycles. The molecule has 1 aliphatic rings. The number of nitriles is 1. The number of halogens is 2. The Bertz CT molecular complexity index is 174. The van der Waals surface area contributed by atoms with Gasteiger partial charge >= 0.3 is 0 Å². The van der Waals surface area contributed by atoms with Crippen LogP contribution in [0, 0.1) is 17.2 Å². The first-order valence-electron chi connectivity index (χ1n) is 4.07. The van der Waals surface area contributed by atoms with Gasteiger partial charge in [0.05, 0.1) is 12.0 Å². The number of likely N-dealkylation sites (tertiary alicyclic amines) is 1. The van der Waals surface area contributed by atoms with Gasteiger partial charge in [-0.1, -0.05) is 0 Å². The number of hydrogen-bond acceptors (Lipinski definition) is 2. The summed E-state index contributed by atoms with van der Waals surface area (Å²) in [4.78, 5) is 2.20. The van der Waals surface area contributed by atoms with Gasteiger partial charge in [0.25, 0.3) is 0 Å². The van der Waals surface area contributed by atoms with E-state index in [1.165, 1.54) is 0 Å². The lowest BCUT2D eigenvalue weighted by Crippen LogP contribution is -2.36. The zero-order valence-corrected chi connectivity index (χ0v) is 8.35. The van der Waals surface area contributed by atoms with Gasteiger partial charge in [0, 0.05) is 24.3 Å². The smallest absolute Gasteiger partial charge is 0.0669 e.